The van der Waals surface area contributed by atoms with Crippen molar-refractivity contribution in [3.05, 3.63) is 36.5 Å². The van der Waals surface area contributed by atoms with Crippen molar-refractivity contribution >= 4 is 23.3 Å². The van der Waals surface area contributed by atoms with E-state index in [-0.39, 0.29) is 6.42 Å². The molecule has 1 fully saturated rings. The summed E-state index contributed by atoms with van der Waals surface area (Å²) < 4.78 is 5.35. The van der Waals surface area contributed by atoms with Crippen molar-refractivity contribution in [3.8, 4) is 0 Å². The van der Waals surface area contributed by atoms with Crippen LogP contribution in [0.5, 0.6) is 0 Å². The number of ketones is 1. The molecule has 0 bridgehead atoms. The summed E-state index contributed by atoms with van der Waals surface area (Å²) in [5.74, 6) is -0.936. The molecular formula is C21H30ClNO5. The Labute approximate surface area is 171 Å². The first-order chi connectivity index (χ1) is 13.4. The van der Waals surface area contributed by atoms with Gasteiger partial charge in [0.1, 0.15) is 6.10 Å². The number of hydrogen-bond donors (Lipinski definition) is 3. The average Bonchev–Trinajstić information content (AvgIpc) is 2.66. The molecular weight excluding hydrogens is 382 g/mol. The quantitative estimate of drug-likeness (QED) is 0.234. The minimum Gasteiger partial charge on any atom is -0.379 e. The van der Waals surface area contributed by atoms with Crippen molar-refractivity contribution < 1.29 is 24.5 Å². The van der Waals surface area contributed by atoms with Gasteiger partial charge in [-0.25, -0.2) is 0 Å². The highest BCUT2D eigenvalue weighted by Crippen LogP contribution is 2.36. The molecule has 6 nitrogen and oxygen atoms in total. The van der Waals surface area contributed by atoms with Crippen LogP contribution in [0.4, 0.5) is 0 Å². The third kappa shape index (κ3) is 6.01. The summed E-state index contributed by atoms with van der Waals surface area (Å²) in [5, 5.41) is 22.7. The van der Waals surface area contributed by atoms with Crippen LogP contribution in [0.15, 0.2) is 36.5 Å². The summed E-state index contributed by atoms with van der Waals surface area (Å²) in [6.07, 6.45) is 13.9. The third-order valence-corrected chi connectivity index (χ3v) is 5.48. The fourth-order valence-electron chi connectivity index (χ4n) is 3.50. The molecule has 1 saturated heterocycles. The van der Waals surface area contributed by atoms with Gasteiger partial charge in [0.15, 0.2) is 17.7 Å². The molecule has 5 atom stereocenters. The van der Waals surface area contributed by atoms with E-state index in [2.05, 4.69) is 17.5 Å². The lowest BCUT2D eigenvalue weighted by molar-refractivity contribution is -0.239. The summed E-state index contributed by atoms with van der Waals surface area (Å²) in [6, 6.07) is -0.899. The molecule has 3 N–H and O–H groups in total. The van der Waals surface area contributed by atoms with Gasteiger partial charge < -0.3 is 20.3 Å². The van der Waals surface area contributed by atoms with Gasteiger partial charge in [0.25, 0.3) is 0 Å². The summed E-state index contributed by atoms with van der Waals surface area (Å²) in [5.41, 5.74) is -1.85. The molecule has 28 heavy (non-hydrogen) atoms. The van der Waals surface area contributed by atoms with Crippen molar-refractivity contribution in [1.82, 2.24) is 5.32 Å². The Morgan fingerprint density at radius 2 is 2.00 bits per heavy atom. The van der Waals surface area contributed by atoms with Gasteiger partial charge in [0, 0.05) is 6.42 Å². The summed E-state index contributed by atoms with van der Waals surface area (Å²) in [4.78, 5) is 24.2. The van der Waals surface area contributed by atoms with E-state index in [1.54, 1.807) is 6.08 Å². The SMILES string of the molecule is CC=CCCCCCCC=CC(=O)NC1CC2(O)C(=O)C=CC(Cl)C2OC1O. The highest BCUT2D eigenvalue weighted by Gasteiger charge is 2.55. The first-order valence-corrected chi connectivity index (χ1v) is 10.3. The monoisotopic (exact) mass is 411 g/mol. The number of unbranched alkanes of at least 4 members (excludes halogenated alkanes) is 5. The van der Waals surface area contributed by atoms with E-state index in [4.69, 9.17) is 16.3 Å². The average molecular weight is 412 g/mol. The third-order valence-electron chi connectivity index (χ3n) is 5.10. The van der Waals surface area contributed by atoms with Crippen LogP contribution in [0.3, 0.4) is 0 Å². The normalized spacial score (nSPS) is 32.8. The van der Waals surface area contributed by atoms with E-state index < -0.39 is 41.1 Å². The lowest BCUT2D eigenvalue weighted by Gasteiger charge is -2.46. The number of hydrogen-bond acceptors (Lipinski definition) is 5. The minimum absolute atomic E-state index is 0.156. The van der Waals surface area contributed by atoms with E-state index >= 15 is 0 Å². The van der Waals surface area contributed by atoms with Gasteiger partial charge in [-0.2, -0.15) is 0 Å². The number of allylic oxidation sites excluding steroid dienone is 3. The van der Waals surface area contributed by atoms with Crippen LogP contribution in [0.25, 0.3) is 0 Å². The van der Waals surface area contributed by atoms with Crippen LogP contribution >= 0.6 is 11.6 Å². The number of aliphatic hydroxyl groups excluding tert-OH is 1. The Morgan fingerprint density at radius 3 is 2.68 bits per heavy atom. The van der Waals surface area contributed by atoms with Gasteiger partial charge in [-0.05, 0) is 44.8 Å². The second-order valence-corrected chi connectivity index (χ2v) is 7.83. The standard InChI is InChI=1S/C21H30ClNO5/c1-2-3-4-5-6-7-8-9-10-11-18(25)23-16-14-21(27)17(24)13-12-15(22)19(21)28-20(16)26/h2-3,10-13,15-16,19-20,26-27H,4-9,14H2,1H3,(H,23,25). The van der Waals surface area contributed by atoms with E-state index in [1.807, 2.05) is 6.92 Å². The Kier molecular flexibility index (Phi) is 8.89. The van der Waals surface area contributed by atoms with E-state index in [0.29, 0.717) is 0 Å². The number of amides is 1. The van der Waals surface area contributed by atoms with Crippen LogP contribution < -0.4 is 5.32 Å². The molecule has 5 unspecified atom stereocenters. The molecule has 0 aromatic heterocycles. The number of carbonyl (C=O) groups excluding carboxylic acids is 2. The molecule has 1 amide bonds. The number of rotatable bonds is 9. The molecule has 0 aromatic rings. The molecule has 0 saturated carbocycles. The van der Waals surface area contributed by atoms with Crippen molar-refractivity contribution in [1.29, 1.82) is 0 Å². The van der Waals surface area contributed by atoms with Gasteiger partial charge >= 0.3 is 0 Å². The molecule has 156 valence electrons. The van der Waals surface area contributed by atoms with Crippen molar-refractivity contribution in [3.63, 3.8) is 0 Å². The molecule has 1 heterocycles. The number of aliphatic hydroxyl groups is 2. The number of nitrogens with one attached hydrogen (secondary N) is 1. The molecule has 2 aliphatic rings. The summed E-state index contributed by atoms with van der Waals surface area (Å²) in [6.45, 7) is 2.02. The fraction of sp³-hybridized carbons (Fsp3) is 0.619. The smallest absolute Gasteiger partial charge is 0.244 e. The van der Waals surface area contributed by atoms with Gasteiger partial charge in [-0.1, -0.05) is 37.1 Å². The van der Waals surface area contributed by atoms with Crippen LogP contribution in [0.2, 0.25) is 0 Å². The first-order valence-electron chi connectivity index (χ1n) is 9.89. The Bertz CT molecular complexity index is 632. The van der Waals surface area contributed by atoms with Crippen LogP contribution in [0, 0.1) is 0 Å². The summed E-state index contributed by atoms with van der Waals surface area (Å²) in [7, 11) is 0. The molecule has 2 rings (SSSR count). The highest BCUT2D eigenvalue weighted by atomic mass is 35.5. The zero-order chi connectivity index (χ0) is 20.6. The summed E-state index contributed by atoms with van der Waals surface area (Å²) >= 11 is 6.07. The van der Waals surface area contributed by atoms with Crippen LogP contribution in [-0.2, 0) is 14.3 Å². The Morgan fingerprint density at radius 1 is 1.32 bits per heavy atom. The topological polar surface area (TPSA) is 95.9 Å². The number of fused-ring (bicyclic) bond motifs is 1. The zero-order valence-electron chi connectivity index (χ0n) is 16.2. The maximum absolute atomic E-state index is 12.1. The second kappa shape index (κ2) is 10.9. The molecule has 7 heteroatoms. The number of alkyl halides is 1. The van der Waals surface area contributed by atoms with Crippen LogP contribution in [-0.4, -0.2) is 51.3 Å². The molecule has 0 spiro atoms. The predicted molar refractivity (Wildman–Crippen MR) is 108 cm³/mol. The van der Waals surface area contributed by atoms with Crippen LogP contribution in [0.1, 0.15) is 51.9 Å². The number of halogens is 1. The van der Waals surface area contributed by atoms with E-state index in [1.165, 1.54) is 31.1 Å². The minimum atomic E-state index is -1.85. The fourth-order valence-corrected chi connectivity index (χ4v) is 3.84. The lowest BCUT2D eigenvalue weighted by Crippen LogP contribution is -2.66. The highest BCUT2D eigenvalue weighted by molar-refractivity contribution is 6.23. The Hall–Kier alpha value is -1.47. The molecule has 0 aromatic carbocycles. The van der Waals surface area contributed by atoms with Gasteiger partial charge in [0.05, 0.1) is 11.4 Å². The van der Waals surface area contributed by atoms with E-state index in [0.717, 1.165) is 25.7 Å². The lowest BCUT2D eigenvalue weighted by atomic mass is 9.78. The van der Waals surface area contributed by atoms with Crippen molar-refractivity contribution in [2.24, 2.45) is 0 Å². The maximum atomic E-state index is 12.1. The van der Waals surface area contributed by atoms with Gasteiger partial charge in [0.2, 0.25) is 5.91 Å². The number of ether oxygens (including phenoxy) is 1. The van der Waals surface area contributed by atoms with Gasteiger partial charge in [-0.3, -0.25) is 9.59 Å². The molecule has 0 radical (unpaired) electrons. The maximum Gasteiger partial charge on any atom is 0.244 e. The predicted octanol–water partition coefficient (Wildman–Crippen LogP) is 2.53. The second-order valence-electron chi connectivity index (χ2n) is 7.32. The largest absolute Gasteiger partial charge is 0.379 e. The molecule has 1 aliphatic carbocycles. The number of carbonyl (C=O) groups is 2. The zero-order valence-corrected chi connectivity index (χ0v) is 17.0. The first kappa shape index (κ1) is 22.8. The van der Waals surface area contributed by atoms with Crippen molar-refractivity contribution in [2.75, 3.05) is 0 Å². The van der Waals surface area contributed by atoms with E-state index in [9.17, 15) is 19.8 Å². The molecule has 1 aliphatic heterocycles. The van der Waals surface area contributed by atoms with Crippen molar-refractivity contribution in [2.45, 2.75) is 81.3 Å². The van der Waals surface area contributed by atoms with Gasteiger partial charge in [-0.15, -0.1) is 11.6 Å². The Balaban J connectivity index is 1.76.